The van der Waals surface area contributed by atoms with Gasteiger partial charge in [0.1, 0.15) is 0 Å². The van der Waals surface area contributed by atoms with Gasteiger partial charge in [-0.15, -0.1) is 22.1 Å². The fourth-order valence-corrected chi connectivity index (χ4v) is 7.56. The van der Waals surface area contributed by atoms with E-state index in [0.29, 0.717) is 0 Å². The molecule has 8 bridgehead atoms. The minimum atomic E-state index is 0. The molecule has 2 aliphatic rings. The van der Waals surface area contributed by atoms with E-state index in [2.05, 4.69) is 175 Å². The van der Waals surface area contributed by atoms with Crippen molar-refractivity contribution in [2.75, 3.05) is 4.90 Å². The van der Waals surface area contributed by atoms with Gasteiger partial charge in [-0.25, -0.2) is 9.97 Å². The first kappa shape index (κ1) is 34.9. The topological polar surface area (TPSA) is 57.2 Å². The number of nitrogens with zero attached hydrogens (tertiary/aromatic N) is 5. The maximum atomic E-state index is 5.46. The molecule has 0 saturated heterocycles. The Labute approximate surface area is 339 Å². The molecule has 0 atom stereocenters. The fraction of sp³-hybridized carbons (Fsp3) is 0. The SMILES string of the molecule is C1=Cc2nc1c(-c1ccccc1)c1ccc([n-]1)c(-c1ccccc1)c1nc(c(N(c3ccccc3)c3ccccc3)c3ccc([n-]3)c2-c2ccccc2)C=C1.[Pt+2]. The average Bonchev–Trinajstić information content (AvgIpc) is 4.09. The van der Waals surface area contributed by atoms with Gasteiger partial charge in [0, 0.05) is 11.4 Å². The van der Waals surface area contributed by atoms with Crippen molar-refractivity contribution in [1.29, 1.82) is 0 Å². The van der Waals surface area contributed by atoms with Crippen LogP contribution in [0.4, 0.5) is 17.1 Å². The van der Waals surface area contributed by atoms with E-state index in [1.807, 2.05) is 30.3 Å². The third kappa shape index (κ3) is 6.42. The quantitative estimate of drug-likeness (QED) is 0.166. The van der Waals surface area contributed by atoms with E-state index in [0.717, 1.165) is 95.3 Å². The standard InChI is InChI=1S/C50H33N5.Pt/c1-6-16-34(17-7-1)47-39-26-28-41(51-39)48(35-18-8-2-9-19-35)43-30-32-45(53-43)50(55(37-22-12-4-13-23-37)38-24-14-5-15-25-38)46-33-31-44(54-46)49(36-20-10-3-11-21-36)42-29-27-40(47)52-42;/h1-33H;/q-2;+2. The maximum Gasteiger partial charge on any atom is 2.00 e. The predicted octanol–water partition coefficient (Wildman–Crippen LogP) is 12.4. The zero-order chi connectivity index (χ0) is 36.6. The summed E-state index contributed by atoms with van der Waals surface area (Å²) in [6.45, 7) is 0. The van der Waals surface area contributed by atoms with E-state index in [4.69, 9.17) is 19.9 Å². The third-order valence-electron chi connectivity index (χ3n) is 10.0. The Morgan fingerprint density at radius 1 is 0.321 bits per heavy atom. The molecule has 8 aromatic rings. The monoisotopic (exact) mass is 898 g/mol. The maximum absolute atomic E-state index is 5.46. The summed E-state index contributed by atoms with van der Waals surface area (Å²) in [6.07, 6.45) is 8.42. The van der Waals surface area contributed by atoms with Crippen molar-refractivity contribution < 1.29 is 21.1 Å². The number of rotatable bonds is 6. The first-order valence-electron chi connectivity index (χ1n) is 18.4. The van der Waals surface area contributed by atoms with Gasteiger partial charge in [-0.05, 0) is 82.0 Å². The van der Waals surface area contributed by atoms with Crippen LogP contribution in [0.1, 0.15) is 22.8 Å². The van der Waals surface area contributed by atoms with E-state index in [-0.39, 0.29) is 21.1 Å². The van der Waals surface area contributed by atoms with E-state index in [9.17, 15) is 0 Å². The second-order valence-corrected chi connectivity index (χ2v) is 13.4. The molecule has 0 aliphatic carbocycles. The molecular weight excluding hydrogens is 866 g/mol. The number of hydrogen-bond acceptors (Lipinski definition) is 3. The predicted molar refractivity (Wildman–Crippen MR) is 228 cm³/mol. The van der Waals surface area contributed by atoms with Crippen LogP contribution in [0.2, 0.25) is 0 Å². The summed E-state index contributed by atoms with van der Waals surface area (Å²) in [6, 6.07) is 60.5. The van der Waals surface area contributed by atoms with Crippen LogP contribution < -0.4 is 14.9 Å². The molecule has 3 aromatic heterocycles. The van der Waals surface area contributed by atoms with E-state index >= 15 is 0 Å². The van der Waals surface area contributed by atoms with Gasteiger partial charge >= 0.3 is 21.1 Å². The van der Waals surface area contributed by atoms with Crippen LogP contribution in [0, 0.1) is 0 Å². The molecular formula is C50H33N5Pt. The van der Waals surface area contributed by atoms with Crippen molar-refractivity contribution in [2.45, 2.75) is 0 Å². The van der Waals surface area contributed by atoms with Gasteiger partial charge in [-0.3, -0.25) is 0 Å². The molecule has 0 N–H and O–H groups in total. The van der Waals surface area contributed by atoms with Crippen LogP contribution in [0.3, 0.4) is 0 Å². The molecule has 0 radical (unpaired) electrons. The zero-order valence-electron chi connectivity index (χ0n) is 30.1. The summed E-state index contributed by atoms with van der Waals surface area (Å²) in [4.78, 5) is 23.9. The van der Waals surface area contributed by atoms with Gasteiger partial charge in [-0.2, -0.15) is 0 Å². The fourth-order valence-electron chi connectivity index (χ4n) is 7.56. The molecule has 6 heteroatoms. The van der Waals surface area contributed by atoms with Crippen molar-refractivity contribution in [3.05, 3.63) is 199 Å². The van der Waals surface area contributed by atoms with Gasteiger partial charge in [0.2, 0.25) is 0 Å². The molecule has 5 nitrogen and oxygen atoms in total. The molecule has 0 amide bonds. The minimum absolute atomic E-state index is 0. The second kappa shape index (κ2) is 15.1. The Balaban J connectivity index is 0.00000410. The van der Waals surface area contributed by atoms with Crippen LogP contribution in [0.15, 0.2) is 176 Å². The Morgan fingerprint density at radius 3 is 1.02 bits per heavy atom. The number of benzene rings is 5. The van der Waals surface area contributed by atoms with E-state index in [1.165, 1.54) is 0 Å². The molecule has 0 unspecified atom stereocenters. The number of hydrogen-bond donors (Lipinski definition) is 0. The summed E-state index contributed by atoms with van der Waals surface area (Å²) in [5.41, 5.74) is 15.5. The van der Waals surface area contributed by atoms with Gasteiger partial charge < -0.3 is 14.9 Å². The largest absolute Gasteiger partial charge is 2.00 e. The summed E-state index contributed by atoms with van der Waals surface area (Å²) < 4.78 is 0. The van der Waals surface area contributed by atoms with Crippen LogP contribution in [-0.2, 0) is 21.1 Å². The normalized spacial score (nSPS) is 11.6. The van der Waals surface area contributed by atoms with Crippen molar-refractivity contribution in [2.24, 2.45) is 0 Å². The Bertz CT molecular complexity index is 2820. The molecule has 56 heavy (non-hydrogen) atoms. The van der Waals surface area contributed by atoms with Crippen LogP contribution in [0.25, 0.3) is 79.8 Å². The van der Waals surface area contributed by atoms with Gasteiger partial charge in [-0.1, -0.05) is 152 Å². The first-order chi connectivity index (χ1) is 27.3. The number of aromatic nitrogens is 4. The van der Waals surface area contributed by atoms with Gasteiger partial charge in [0.15, 0.2) is 0 Å². The van der Waals surface area contributed by atoms with Crippen molar-refractivity contribution >= 4 is 63.4 Å². The minimum Gasteiger partial charge on any atom is -0.657 e. The number of para-hydroxylation sites is 2. The van der Waals surface area contributed by atoms with Crippen molar-refractivity contribution in [3.63, 3.8) is 0 Å². The molecule has 0 fully saturated rings. The Morgan fingerprint density at radius 2 is 0.625 bits per heavy atom. The molecule has 268 valence electrons. The second-order valence-electron chi connectivity index (χ2n) is 13.4. The summed E-state index contributed by atoms with van der Waals surface area (Å²) in [5.74, 6) is 0. The van der Waals surface area contributed by atoms with Crippen LogP contribution >= 0.6 is 0 Å². The van der Waals surface area contributed by atoms with Crippen molar-refractivity contribution in [1.82, 2.24) is 19.9 Å². The number of anilines is 3. The van der Waals surface area contributed by atoms with Crippen LogP contribution in [0.5, 0.6) is 0 Å². The third-order valence-corrected chi connectivity index (χ3v) is 10.0. The average molecular weight is 899 g/mol. The zero-order valence-corrected chi connectivity index (χ0v) is 32.4. The Kier molecular flexibility index (Phi) is 9.44. The smallest absolute Gasteiger partial charge is 0.657 e. The van der Waals surface area contributed by atoms with Crippen molar-refractivity contribution in [3.8, 4) is 33.4 Å². The molecule has 0 saturated carbocycles. The first-order valence-corrected chi connectivity index (χ1v) is 18.4. The molecule has 10 rings (SSSR count). The molecule has 0 spiro atoms. The summed E-state index contributed by atoms with van der Waals surface area (Å²) >= 11 is 0. The molecule has 5 aromatic carbocycles. The number of fused-ring (bicyclic) bond motifs is 8. The van der Waals surface area contributed by atoms with E-state index in [1.54, 1.807) is 0 Å². The van der Waals surface area contributed by atoms with Crippen LogP contribution in [-0.4, -0.2) is 9.97 Å². The van der Waals surface area contributed by atoms with E-state index < -0.39 is 0 Å². The molecule has 2 aliphatic heterocycles. The molecule has 5 heterocycles. The Hall–Kier alpha value is -6.81. The summed E-state index contributed by atoms with van der Waals surface area (Å²) in [5, 5.41) is 0. The van der Waals surface area contributed by atoms with Gasteiger partial charge in [0.05, 0.1) is 28.5 Å². The van der Waals surface area contributed by atoms with Gasteiger partial charge in [0.25, 0.3) is 0 Å². The summed E-state index contributed by atoms with van der Waals surface area (Å²) in [7, 11) is 0.